The number of ether oxygens (including phenoxy) is 3. The quantitative estimate of drug-likeness (QED) is 0.0963. The van der Waals surface area contributed by atoms with E-state index in [2.05, 4.69) is 16.5 Å². The lowest BCUT2D eigenvalue weighted by atomic mass is 9.97. The van der Waals surface area contributed by atoms with Crippen LogP contribution in [-0.4, -0.2) is 51.7 Å². The zero-order valence-corrected chi connectivity index (χ0v) is 36.3. The first-order valence-corrected chi connectivity index (χ1v) is 20.8. The van der Waals surface area contributed by atoms with E-state index in [1.54, 1.807) is 6.07 Å². The van der Waals surface area contributed by atoms with Crippen molar-refractivity contribution in [3.8, 4) is 16.9 Å². The lowest BCUT2D eigenvalue weighted by Crippen LogP contribution is -2.43. The van der Waals surface area contributed by atoms with Crippen molar-refractivity contribution in [3.05, 3.63) is 139 Å². The number of H-pyrrole nitrogens is 1. The van der Waals surface area contributed by atoms with Gasteiger partial charge in [-0.15, -0.1) is 0 Å². The lowest BCUT2D eigenvalue weighted by molar-refractivity contribution is 0.0595. The van der Waals surface area contributed by atoms with Gasteiger partial charge in [0.1, 0.15) is 23.7 Å². The number of rotatable bonds is 12. The van der Waals surface area contributed by atoms with E-state index in [4.69, 9.17) is 47.4 Å². The molecule has 0 unspecified atom stereocenters. The summed E-state index contributed by atoms with van der Waals surface area (Å²) in [6.45, 7) is 13.5. The molecule has 1 N–H and O–H groups in total. The Morgan fingerprint density at radius 3 is 2.32 bits per heavy atom. The Labute approximate surface area is 359 Å². The first-order chi connectivity index (χ1) is 28.8. The summed E-state index contributed by atoms with van der Waals surface area (Å²) in [7, 11) is 1.35. The van der Waals surface area contributed by atoms with Crippen LogP contribution in [0.25, 0.3) is 32.9 Å². The smallest absolute Gasteiger partial charge is 0.354 e. The van der Waals surface area contributed by atoms with Gasteiger partial charge in [0.2, 0.25) is 0 Å². The molecule has 7 aromatic rings. The Balaban J connectivity index is 1.22. The number of hydrogen-bond acceptors (Lipinski definition) is 7. The van der Waals surface area contributed by atoms with E-state index in [0.717, 1.165) is 77.4 Å². The largest absolute Gasteiger partial charge is 0.494 e. The highest BCUT2D eigenvalue weighted by Crippen LogP contribution is 2.45. The second kappa shape index (κ2) is 16.8. The molecule has 4 aromatic carbocycles. The third-order valence-electron chi connectivity index (χ3n) is 11.3. The number of halogens is 2. The maximum Gasteiger partial charge on any atom is 0.354 e. The highest BCUT2D eigenvalue weighted by molar-refractivity contribution is 6.35. The van der Waals surface area contributed by atoms with Gasteiger partial charge in [-0.05, 0) is 119 Å². The number of carbonyl (C=O) groups is 2. The average Bonchev–Trinajstić information content (AvgIpc) is 3.80. The maximum absolute atomic E-state index is 15.3. The number of amides is 1. The van der Waals surface area contributed by atoms with Gasteiger partial charge in [-0.25, -0.2) is 14.8 Å². The highest BCUT2D eigenvalue weighted by atomic mass is 35.5. The summed E-state index contributed by atoms with van der Waals surface area (Å²) >= 11 is 13.7. The van der Waals surface area contributed by atoms with Crippen molar-refractivity contribution in [1.29, 1.82) is 0 Å². The maximum atomic E-state index is 15.3. The summed E-state index contributed by atoms with van der Waals surface area (Å²) < 4.78 is 19.5. The SMILES string of the molecule is COC(=O)c1cc2cc(C)cc(N3C[C@@H](C)n4c(c(CCCOc5cc(C)c(Cl)c(C)c5)c5ccc(Cl)c(-c6c(C)nc(COCc7ccccc7)nc6C)c54)C3=O)c2[nH]1. The number of aromatic nitrogens is 4. The zero-order valence-electron chi connectivity index (χ0n) is 34.8. The van der Waals surface area contributed by atoms with Gasteiger partial charge in [0.25, 0.3) is 5.91 Å². The molecule has 0 spiro atoms. The van der Waals surface area contributed by atoms with E-state index in [1.807, 2.05) is 106 Å². The monoisotopic (exact) mass is 843 g/mol. The third kappa shape index (κ3) is 7.64. The standard InChI is InChI=1S/C48H47Cl2N5O5/c1-26-18-33-22-38(48(57)58-7)53-44(33)39(19-26)54-23-29(4)55-45-36(35(46(55)47(54)56)14-11-17-60-34-20-27(2)43(50)28(3)21-34)15-16-37(49)42(45)41-30(5)51-40(52-31(41)6)25-59-24-32-12-9-8-10-13-32/h8-10,12-13,15-16,18-22,29,53H,11,14,17,23-25H2,1-7H3/t29-/m1/s1. The molecule has 0 aliphatic carbocycles. The van der Waals surface area contributed by atoms with Crippen LogP contribution < -0.4 is 9.64 Å². The van der Waals surface area contributed by atoms with Gasteiger partial charge in [0.05, 0.1) is 42.1 Å². The van der Waals surface area contributed by atoms with Crippen molar-refractivity contribution >= 4 is 62.6 Å². The predicted octanol–water partition coefficient (Wildman–Crippen LogP) is 11.2. The Bertz CT molecular complexity index is 2770. The second-order valence-electron chi connectivity index (χ2n) is 15.7. The Hall–Kier alpha value is -5.68. The summed E-state index contributed by atoms with van der Waals surface area (Å²) in [5.41, 5.74) is 11.1. The summed E-state index contributed by atoms with van der Waals surface area (Å²) in [4.78, 5) is 42.8. The van der Waals surface area contributed by atoms with Gasteiger partial charge in [0, 0.05) is 50.9 Å². The number of nitrogens with one attached hydrogen (secondary N) is 1. The van der Waals surface area contributed by atoms with Crippen molar-refractivity contribution in [2.75, 3.05) is 25.2 Å². The first-order valence-electron chi connectivity index (χ1n) is 20.1. The van der Waals surface area contributed by atoms with Crippen molar-refractivity contribution in [2.24, 2.45) is 0 Å². The van der Waals surface area contributed by atoms with Crippen LogP contribution in [0.2, 0.25) is 10.0 Å². The van der Waals surface area contributed by atoms with Gasteiger partial charge >= 0.3 is 5.97 Å². The molecular formula is C48H47Cl2N5O5. The molecular weight excluding hydrogens is 797 g/mol. The Morgan fingerprint density at radius 1 is 0.900 bits per heavy atom. The highest BCUT2D eigenvalue weighted by Gasteiger charge is 2.37. The average molecular weight is 845 g/mol. The molecule has 1 atom stereocenters. The molecule has 1 amide bonds. The molecule has 1 aliphatic rings. The number of anilines is 1. The van der Waals surface area contributed by atoms with Crippen molar-refractivity contribution in [3.63, 3.8) is 0 Å². The summed E-state index contributed by atoms with van der Waals surface area (Å²) in [6.07, 6.45) is 1.20. The van der Waals surface area contributed by atoms with Crippen LogP contribution in [-0.2, 0) is 29.1 Å². The van der Waals surface area contributed by atoms with Crippen LogP contribution in [0, 0.1) is 34.6 Å². The minimum atomic E-state index is -0.478. The van der Waals surface area contributed by atoms with Gasteiger partial charge in [0.15, 0.2) is 5.82 Å². The van der Waals surface area contributed by atoms with Gasteiger partial charge in [-0.1, -0.05) is 59.6 Å². The van der Waals surface area contributed by atoms with E-state index >= 15 is 4.79 Å². The van der Waals surface area contributed by atoms with Crippen LogP contribution in [0.5, 0.6) is 5.75 Å². The molecule has 308 valence electrons. The van der Waals surface area contributed by atoms with Gasteiger partial charge < -0.3 is 28.7 Å². The lowest BCUT2D eigenvalue weighted by Gasteiger charge is -2.35. The van der Waals surface area contributed by atoms with Crippen LogP contribution in [0.1, 0.15) is 85.4 Å². The molecule has 12 heteroatoms. The Morgan fingerprint density at radius 2 is 1.62 bits per heavy atom. The first kappa shape index (κ1) is 41.1. The number of nitrogens with zero attached hydrogens (tertiary/aromatic N) is 4. The molecule has 4 heterocycles. The molecule has 0 bridgehead atoms. The number of benzene rings is 4. The van der Waals surface area contributed by atoms with Crippen molar-refractivity contribution in [2.45, 2.75) is 73.6 Å². The van der Waals surface area contributed by atoms with Crippen LogP contribution in [0.4, 0.5) is 5.69 Å². The fraction of sp³-hybridized carbons (Fsp3) is 0.292. The summed E-state index contributed by atoms with van der Waals surface area (Å²) in [5, 5.41) is 3.02. The Kier molecular flexibility index (Phi) is 11.5. The number of carbonyl (C=O) groups excluding carboxylic acids is 2. The zero-order chi connectivity index (χ0) is 42.4. The number of hydrogen-bond donors (Lipinski definition) is 1. The number of fused-ring (bicyclic) bond motifs is 4. The normalized spacial score (nSPS) is 14.0. The van der Waals surface area contributed by atoms with E-state index in [-0.39, 0.29) is 18.6 Å². The molecule has 60 heavy (non-hydrogen) atoms. The van der Waals surface area contributed by atoms with Gasteiger partial charge in [-0.2, -0.15) is 0 Å². The molecule has 3 aromatic heterocycles. The number of aromatic amines is 1. The molecule has 1 aliphatic heterocycles. The van der Waals surface area contributed by atoms with Crippen molar-refractivity contribution in [1.82, 2.24) is 19.5 Å². The minimum absolute atomic E-state index is 0.150. The molecule has 10 nitrogen and oxygen atoms in total. The summed E-state index contributed by atoms with van der Waals surface area (Å²) in [5.74, 6) is 0.709. The van der Waals surface area contributed by atoms with E-state index < -0.39 is 5.97 Å². The topological polar surface area (TPSA) is 112 Å². The van der Waals surface area contributed by atoms with E-state index in [0.29, 0.717) is 66.0 Å². The number of aryl methyl sites for hydroxylation is 6. The molecule has 0 radical (unpaired) electrons. The number of esters is 1. The van der Waals surface area contributed by atoms with E-state index in [9.17, 15) is 4.79 Å². The fourth-order valence-electron chi connectivity index (χ4n) is 8.65. The second-order valence-corrected chi connectivity index (χ2v) is 16.5. The van der Waals surface area contributed by atoms with Crippen LogP contribution >= 0.6 is 23.2 Å². The molecule has 0 fully saturated rings. The predicted molar refractivity (Wildman–Crippen MR) is 238 cm³/mol. The fourth-order valence-corrected chi connectivity index (χ4v) is 9.01. The third-order valence-corrected chi connectivity index (χ3v) is 12.2. The van der Waals surface area contributed by atoms with Gasteiger partial charge in [-0.3, -0.25) is 4.79 Å². The summed E-state index contributed by atoms with van der Waals surface area (Å²) in [6, 6.07) is 23.4. The number of methoxy groups -OCH3 is 1. The molecule has 8 rings (SSSR count). The van der Waals surface area contributed by atoms with E-state index in [1.165, 1.54) is 7.11 Å². The van der Waals surface area contributed by atoms with Crippen molar-refractivity contribution < 1.29 is 23.8 Å². The molecule has 0 saturated heterocycles. The van der Waals surface area contributed by atoms with Crippen LogP contribution in [0.3, 0.4) is 0 Å². The minimum Gasteiger partial charge on any atom is -0.494 e. The molecule has 0 saturated carbocycles. The van der Waals surface area contributed by atoms with Crippen LogP contribution in [0.15, 0.2) is 72.8 Å².